The number of anilines is 2. The quantitative estimate of drug-likeness (QED) is 0.0259. The van der Waals surface area contributed by atoms with Crippen molar-refractivity contribution in [3.05, 3.63) is 149 Å². The molecule has 5 unspecified atom stereocenters. The Morgan fingerprint density at radius 2 is 1.06 bits per heavy atom. The van der Waals surface area contributed by atoms with Crippen LogP contribution in [0.25, 0.3) is 0 Å². The molecule has 4 heterocycles. The smallest absolute Gasteiger partial charge is 0.416 e. The lowest BCUT2D eigenvalue weighted by Crippen LogP contribution is -2.53. The van der Waals surface area contributed by atoms with Crippen LogP contribution in [0, 0.1) is 5.92 Å². The molecule has 29 nitrogen and oxygen atoms in total. The molecule has 0 saturated heterocycles. The standard InChI is InChI=1S/C80H106N8O21/c1-55(2)74(85-72(89)24-28-99-30-32-101-34-36-103-38-40-105-42-43-106-41-39-104-37-35-102-33-31-100-29-25-81-73(90)46-59-18-14-11-9-8-10-12-15-19-59)76(92)83-58(5)75(91)84-61-22-20-60(21-23-61)54-109-80(96)88-66-50-71(69(98-7)48-64(66)78(94)87-53-57(4)45-67(87)79(88)95)108-27-17-13-16-26-107-70-49-65-63(47-68(70)97-6)77(93)86-52-56(3)44-62(86)51-82-65/h8-12,14-15,18-23,47-53,55,58,62,67,74,79,95H,13,16-17,24-46,54H2,1-7H3,(H,81,90)(H,83,92)(H,84,91)(H,85,89). The fraction of sp³-hybridized carbons (Fsp3) is 0.500. The van der Waals surface area contributed by atoms with Gasteiger partial charge in [0.1, 0.15) is 18.7 Å². The third kappa shape index (κ3) is 27.5. The van der Waals surface area contributed by atoms with Gasteiger partial charge in [-0.1, -0.05) is 91.7 Å². The molecule has 0 spiro atoms. The molecule has 7 amide bonds. The van der Waals surface area contributed by atoms with Crippen molar-refractivity contribution in [2.24, 2.45) is 10.9 Å². The highest BCUT2D eigenvalue weighted by molar-refractivity contribution is 6.07. The molecule has 0 radical (unpaired) electrons. The second kappa shape index (κ2) is 46.1. The number of aliphatic hydroxyl groups excluding tert-OH is 1. The van der Waals surface area contributed by atoms with Gasteiger partial charge in [0.15, 0.2) is 29.2 Å². The minimum atomic E-state index is -1.52. The van der Waals surface area contributed by atoms with Gasteiger partial charge in [-0.15, -0.1) is 0 Å². The molecule has 4 aromatic rings. The van der Waals surface area contributed by atoms with Crippen LogP contribution in [0.5, 0.6) is 23.0 Å². The number of nitrogens with one attached hydrogen (secondary N) is 4. The van der Waals surface area contributed by atoms with Gasteiger partial charge in [0, 0.05) is 49.4 Å². The van der Waals surface area contributed by atoms with Crippen molar-refractivity contribution in [1.29, 1.82) is 0 Å². The van der Waals surface area contributed by atoms with Crippen LogP contribution >= 0.6 is 0 Å². The number of benzene rings is 3. The van der Waals surface area contributed by atoms with Crippen molar-refractivity contribution in [3.63, 3.8) is 0 Å². The Morgan fingerprint density at radius 3 is 1.62 bits per heavy atom. The van der Waals surface area contributed by atoms with Gasteiger partial charge in [0.05, 0.1) is 174 Å². The normalized spacial score (nSPS) is 16.1. The SMILES string of the molecule is COc1cc2c(cc1OCCCCCOc1cc3c(cc1OC)C(=O)N1C=C(C)CC1C(O)N3C(=O)OCc1ccc(NC(=O)C(C)NC(=O)C(NC(=O)CCOCCOCCOCCOCCOCCOCCOCCOCCNC(=O)Cc3ccccccccc3)C(C)C)cc1)N=CC1CC(C)=CN1C2=O. The van der Waals surface area contributed by atoms with Gasteiger partial charge in [-0.3, -0.25) is 33.8 Å². The average molecular weight is 1520 g/mol. The maximum atomic E-state index is 14.3. The number of hydrogen-bond donors (Lipinski definition) is 5. The third-order valence-electron chi connectivity index (χ3n) is 17.6. The van der Waals surface area contributed by atoms with E-state index < -0.39 is 54.1 Å². The third-order valence-corrected chi connectivity index (χ3v) is 17.6. The number of fused-ring (bicyclic) bond motifs is 4. The number of nitrogens with zero attached hydrogens (tertiary/aromatic N) is 4. The predicted octanol–water partition coefficient (Wildman–Crippen LogP) is 8.35. The number of ether oxygens (including phenoxy) is 13. The first-order chi connectivity index (χ1) is 52.9. The number of aliphatic imine (C=N–C) groups is 1. The summed E-state index contributed by atoms with van der Waals surface area (Å²) in [6.07, 6.45) is 6.09. The molecular weight excluding hydrogens is 1410 g/mol. The van der Waals surface area contributed by atoms with Crippen LogP contribution in [0.4, 0.5) is 21.9 Å². The van der Waals surface area contributed by atoms with Gasteiger partial charge in [0.2, 0.25) is 23.6 Å². The number of carbonyl (C=O) groups excluding carboxylic acids is 7. The number of aliphatic hydroxyl groups is 1. The Balaban J connectivity index is 0.645. The summed E-state index contributed by atoms with van der Waals surface area (Å²) in [4.78, 5) is 103. The zero-order valence-corrected chi connectivity index (χ0v) is 63.5. The van der Waals surface area contributed by atoms with E-state index in [9.17, 15) is 38.7 Å². The molecule has 0 aliphatic carbocycles. The highest BCUT2D eigenvalue weighted by atomic mass is 16.6. The minimum Gasteiger partial charge on any atom is -0.493 e. The molecule has 0 fully saturated rings. The van der Waals surface area contributed by atoms with E-state index in [1.807, 2.05) is 74.6 Å². The molecule has 0 bridgehead atoms. The lowest BCUT2D eigenvalue weighted by atomic mass is 10.0. The van der Waals surface area contributed by atoms with Crippen molar-refractivity contribution in [3.8, 4) is 23.0 Å². The van der Waals surface area contributed by atoms with Crippen LogP contribution in [-0.2, 0) is 74.8 Å². The van der Waals surface area contributed by atoms with E-state index in [0.717, 1.165) is 28.0 Å². The highest BCUT2D eigenvalue weighted by Gasteiger charge is 2.45. The van der Waals surface area contributed by atoms with E-state index in [4.69, 9.17) is 61.6 Å². The Bertz CT molecular complexity index is 3750. The largest absolute Gasteiger partial charge is 0.493 e. The van der Waals surface area contributed by atoms with Gasteiger partial charge in [-0.2, -0.15) is 0 Å². The Labute approximate surface area is 637 Å². The fourth-order valence-electron chi connectivity index (χ4n) is 11.9. The van der Waals surface area contributed by atoms with Crippen LogP contribution in [0.15, 0.2) is 132 Å². The van der Waals surface area contributed by atoms with Crippen LogP contribution in [0.3, 0.4) is 0 Å². The van der Waals surface area contributed by atoms with E-state index in [2.05, 4.69) is 26.3 Å². The molecule has 109 heavy (non-hydrogen) atoms. The lowest BCUT2D eigenvalue weighted by molar-refractivity contribution is -0.132. The molecule has 4 aliphatic heterocycles. The summed E-state index contributed by atoms with van der Waals surface area (Å²) in [6, 6.07) is 27.3. The maximum Gasteiger partial charge on any atom is 0.416 e. The van der Waals surface area contributed by atoms with Crippen LogP contribution < -0.4 is 45.1 Å². The van der Waals surface area contributed by atoms with Crippen LogP contribution in [-0.4, -0.2) is 233 Å². The minimum absolute atomic E-state index is 0.00729. The summed E-state index contributed by atoms with van der Waals surface area (Å²) in [6.45, 7) is 15.5. The zero-order chi connectivity index (χ0) is 77.7. The van der Waals surface area contributed by atoms with Crippen LogP contribution in [0.1, 0.15) is 105 Å². The summed E-state index contributed by atoms with van der Waals surface area (Å²) >= 11 is 0. The first-order valence-electron chi connectivity index (χ1n) is 37.1. The second-order valence-corrected chi connectivity index (χ2v) is 26.5. The van der Waals surface area contributed by atoms with Crippen molar-refractivity contribution in [2.75, 3.05) is 150 Å². The van der Waals surface area contributed by atoms with E-state index in [1.165, 1.54) is 38.2 Å². The van der Waals surface area contributed by atoms with Gasteiger partial charge < -0.3 is 97.8 Å². The van der Waals surface area contributed by atoms with E-state index in [1.54, 1.807) is 67.6 Å². The summed E-state index contributed by atoms with van der Waals surface area (Å²) < 4.78 is 73.9. The summed E-state index contributed by atoms with van der Waals surface area (Å²) in [5.74, 6) is -1.09. The Hall–Kier alpha value is -9.56. The van der Waals surface area contributed by atoms with Gasteiger partial charge in [-0.25, -0.2) is 9.69 Å². The topological polar surface area (TPSA) is 330 Å². The van der Waals surface area contributed by atoms with Gasteiger partial charge >= 0.3 is 6.09 Å². The predicted molar refractivity (Wildman–Crippen MR) is 406 cm³/mol. The summed E-state index contributed by atoms with van der Waals surface area (Å²) in [5, 5.41) is 23.1. The highest BCUT2D eigenvalue weighted by Crippen LogP contribution is 2.43. The average Bonchev–Trinajstić information content (AvgIpc) is 1.62. The first kappa shape index (κ1) is 85.1. The van der Waals surface area contributed by atoms with Crippen LogP contribution in [0.2, 0.25) is 0 Å². The molecule has 592 valence electrons. The van der Waals surface area contributed by atoms with Crippen molar-refractivity contribution >= 4 is 64.8 Å². The van der Waals surface area contributed by atoms with E-state index >= 15 is 0 Å². The molecule has 8 rings (SSSR count). The number of carbonyl (C=O) groups is 7. The van der Waals surface area contributed by atoms with Crippen molar-refractivity contribution in [1.82, 2.24) is 25.8 Å². The number of rotatable bonds is 47. The maximum absolute atomic E-state index is 14.3. The molecule has 0 aromatic heterocycles. The number of methoxy groups -OCH3 is 2. The van der Waals surface area contributed by atoms with Gasteiger partial charge in [0.25, 0.3) is 11.8 Å². The molecule has 5 atom stereocenters. The summed E-state index contributed by atoms with van der Waals surface area (Å²) in [7, 11) is 2.97. The van der Waals surface area contributed by atoms with Gasteiger partial charge in [-0.05, 0) is 94.2 Å². The second-order valence-electron chi connectivity index (χ2n) is 26.5. The molecule has 4 aliphatic rings. The van der Waals surface area contributed by atoms with Crippen molar-refractivity contribution < 1.29 is 100 Å². The number of hydrogen-bond acceptors (Lipinski definition) is 22. The Kier molecular flexibility index (Phi) is 35.9. The molecule has 5 N–H and O–H groups in total. The molecule has 0 saturated carbocycles. The monoisotopic (exact) mass is 1510 g/mol. The Morgan fingerprint density at radius 1 is 0.541 bits per heavy atom. The molecular formula is C80H106N8O21. The number of amides is 7. The fourth-order valence-corrected chi connectivity index (χ4v) is 11.9. The summed E-state index contributed by atoms with van der Waals surface area (Å²) in [5.41, 5.74) is 4.85. The number of unbranched alkanes of at least 4 members (excludes halogenated alkanes) is 2. The van der Waals surface area contributed by atoms with E-state index in [-0.39, 0.29) is 92.4 Å². The molecule has 29 heteroatoms. The molecule has 4 aromatic carbocycles. The van der Waals surface area contributed by atoms with E-state index in [0.29, 0.717) is 159 Å². The lowest BCUT2D eigenvalue weighted by Gasteiger charge is -2.31. The first-order valence-corrected chi connectivity index (χ1v) is 37.1. The zero-order valence-electron chi connectivity index (χ0n) is 63.5. The van der Waals surface area contributed by atoms with Crippen molar-refractivity contribution in [2.45, 2.75) is 117 Å².